The Labute approximate surface area is 100 Å². The van der Waals surface area contributed by atoms with Crippen molar-refractivity contribution in [3.05, 3.63) is 35.9 Å². The largest absolute Gasteiger partial charge is 0.0625 e. The van der Waals surface area contributed by atoms with Gasteiger partial charge < -0.3 is 0 Å². The molecule has 16 heavy (non-hydrogen) atoms. The molecule has 1 saturated carbocycles. The van der Waals surface area contributed by atoms with Gasteiger partial charge in [-0.2, -0.15) is 0 Å². The van der Waals surface area contributed by atoms with Crippen molar-refractivity contribution in [1.29, 1.82) is 0 Å². The standard InChI is InChI=1S/C16H23/c1-13(2)14-9-11-16(3,12-10-14)15-7-5-4-6-8-15/h4-7,13-14H,9-12H2,1-3H3. The lowest BCUT2D eigenvalue weighted by Crippen LogP contribution is -2.30. The molecule has 1 radical (unpaired) electrons. The van der Waals surface area contributed by atoms with E-state index in [0.29, 0.717) is 5.41 Å². The Morgan fingerprint density at radius 3 is 2.44 bits per heavy atom. The van der Waals surface area contributed by atoms with Crippen LogP contribution in [0.5, 0.6) is 0 Å². The molecule has 87 valence electrons. The molecule has 0 unspecified atom stereocenters. The maximum Gasteiger partial charge on any atom is -0.00689 e. The monoisotopic (exact) mass is 215 g/mol. The molecule has 1 aliphatic rings. The summed E-state index contributed by atoms with van der Waals surface area (Å²) in [6.07, 6.45) is 5.43. The highest BCUT2D eigenvalue weighted by Crippen LogP contribution is 2.42. The lowest BCUT2D eigenvalue weighted by molar-refractivity contribution is 0.204. The molecule has 2 rings (SSSR count). The van der Waals surface area contributed by atoms with Crippen LogP contribution in [0.3, 0.4) is 0 Å². The van der Waals surface area contributed by atoms with Crippen molar-refractivity contribution in [2.75, 3.05) is 0 Å². The van der Waals surface area contributed by atoms with E-state index < -0.39 is 0 Å². The molecule has 0 bridgehead atoms. The van der Waals surface area contributed by atoms with Crippen LogP contribution in [0.2, 0.25) is 0 Å². The minimum absolute atomic E-state index is 0.382. The molecule has 0 nitrogen and oxygen atoms in total. The summed E-state index contributed by atoms with van der Waals surface area (Å²) in [7, 11) is 0. The SMILES string of the molecule is CC(C)C1CCC(C)(c2[c]cccc2)CC1. The lowest BCUT2D eigenvalue weighted by Gasteiger charge is -2.39. The minimum Gasteiger partial charge on any atom is -0.0625 e. The van der Waals surface area contributed by atoms with Crippen molar-refractivity contribution in [3.8, 4) is 0 Å². The molecule has 0 aromatic heterocycles. The Hall–Kier alpha value is -0.780. The summed E-state index contributed by atoms with van der Waals surface area (Å²) in [6, 6.07) is 11.9. The fourth-order valence-corrected chi connectivity index (χ4v) is 2.98. The Kier molecular flexibility index (Phi) is 3.37. The molecule has 0 heterocycles. The number of benzene rings is 1. The highest BCUT2D eigenvalue weighted by molar-refractivity contribution is 5.23. The third kappa shape index (κ3) is 2.31. The number of rotatable bonds is 2. The van der Waals surface area contributed by atoms with Gasteiger partial charge in [0.1, 0.15) is 0 Å². The first-order valence-corrected chi connectivity index (χ1v) is 6.59. The average molecular weight is 215 g/mol. The summed E-state index contributed by atoms with van der Waals surface area (Å²) in [5.74, 6) is 1.79. The molecule has 1 aromatic rings. The van der Waals surface area contributed by atoms with Crippen molar-refractivity contribution >= 4 is 0 Å². The molecule has 1 aliphatic carbocycles. The van der Waals surface area contributed by atoms with Crippen LogP contribution in [-0.2, 0) is 5.41 Å². The second-order valence-electron chi connectivity index (χ2n) is 5.92. The van der Waals surface area contributed by atoms with Crippen LogP contribution in [0.15, 0.2) is 24.3 Å². The third-order valence-electron chi connectivity index (χ3n) is 4.44. The van der Waals surface area contributed by atoms with Gasteiger partial charge in [0.05, 0.1) is 0 Å². The van der Waals surface area contributed by atoms with E-state index in [-0.39, 0.29) is 0 Å². The Balaban J connectivity index is 2.07. The molecule has 0 aliphatic heterocycles. The van der Waals surface area contributed by atoms with Gasteiger partial charge in [-0.05, 0) is 54.6 Å². The van der Waals surface area contributed by atoms with Crippen LogP contribution in [0.25, 0.3) is 0 Å². The summed E-state index contributed by atoms with van der Waals surface area (Å²) in [6.45, 7) is 7.14. The fraction of sp³-hybridized carbons (Fsp3) is 0.625. The van der Waals surface area contributed by atoms with Gasteiger partial charge in [0.25, 0.3) is 0 Å². The highest BCUT2D eigenvalue weighted by Gasteiger charge is 2.33. The summed E-state index contributed by atoms with van der Waals surface area (Å²) in [5, 5.41) is 0. The van der Waals surface area contributed by atoms with Crippen molar-refractivity contribution in [3.63, 3.8) is 0 Å². The molecular formula is C16H23. The van der Waals surface area contributed by atoms with Crippen LogP contribution in [0.1, 0.15) is 52.0 Å². The van der Waals surface area contributed by atoms with Crippen molar-refractivity contribution < 1.29 is 0 Å². The molecule has 0 N–H and O–H groups in total. The Morgan fingerprint density at radius 2 is 1.94 bits per heavy atom. The van der Waals surface area contributed by atoms with Gasteiger partial charge in [-0.25, -0.2) is 0 Å². The van der Waals surface area contributed by atoms with Crippen molar-refractivity contribution in [2.45, 2.75) is 51.9 Å². The van der Waals surface area contributed by atoms with Gasteiger partial charge >= 0.3 is 0 Å². The lowest BCUT2D eigenvalue weighted by atomic mass is 9.66. The van der Waals surface area contributed by atoms with Gasteiger partial charge in [0, 0.05) is 0 Å². The van der Waals surface area contributed by atoms with Gasteiger partial charge in [-0.1, -0.05) is 45.0 Å². The Bertz CT molecular complexity index is 315. The van der Waals surface area contributed by atoms with Crippen LogP contribution < -0.4 is 0 Å². The van der Waals surface area contributed by atoms with E-state index in [1.54, 1.807) is 0 Å². The smallest absolute Gasteiger partial charge is 0.00689 e. The molecule has 1 fully saturated rings. The molecule has 0 saturated heterocycles. The van der Waals surface area contributed by atoms with E-state index in [2.05, 4.69) is 51.1 Å². The van der Waals surface area contributed by atoms with E-state index in [0.717, 1.165) is 11.8 Å². The van der Waals surface area contributed by atoms with Gasteiger partial charge in [0.2, 0.25) is 0 Å². The molecular weight excluding hydrogens is 192 g/mol. The minimum atomic E-state index is 0.382. The summed E-state index contributed by atoms with van der Waals surface area (Å²) >= 11 is 0. The number of hydrogen-bond donors (Lipinski definition) is 0. The maximum absolute atomic E-state index is 3.42. The van der Waals surface area contributed by atoms with Crippen molar-refractivity contribution in [2.24, 2.45) is 11.8 Å². The first kappa shape index (κ1) is 11.7. The van der Waals surface area contributed by atoms with E-state index >= 15 is 0 Å². The Morgan fingerprint density at radius 1 is 1.25 bits per heavy atom. The van der Waals surface area contributed by atoms with E-state index in [9.17, 15) is 0 Å². The van der Waals surface area contributed by atoms with Crippen LogP contribution in [0, 0.1) is 17.9 Å². The first-order valence-electron chi connectivity index (χ1n) is 6.59. The predicted molar refractivity (Wildman–Crippen MR) is 69.4 cm³/mol. The van der Waals surface area contributed by atoms with Crippen molar-refractivity contribution in [1.82, 2.24) is 0 Å². The molecule has 0 atom stereocenters. The third-order valence-corrected chi connectivity index (χ3v) is 4.44. The quantitative estimate of drug-likeness (QED) is 0.677. The average Bonchev–Trinajstić information content (AvgIpc) is 2.31. The first-order chi connectivity index (χ1) is 7.62. The zero-order valence-electron chi connectivity index (χ0n) is 10.8. The fourth-order valence-electron chi connectivity index (χ4n) is 2.98. The van der Waals surface area contributed by atoms with E-state index in [4.69, 9.17) is 0 Å². The zero-order valence-corrected chi connectivity index (χ0v) is 10.8. The molecule has 1 aromatic carbocycles. The summed E-state index contributed by atoms with van der Waals surface area (Å²) in [4.78, 5) is 0. The van der Waals surface area contributed by atoms with Gasteiger partial charge in [-0.15, -0.1) is 0 Å². The van der Waals surface area contributed by atoms with Crippen LogP contribution in [0.4, 0.5) is 0 Å². The second-order valence-corrected chi connectivity index (χ2v) is 5.92. The number of hydrogen-bond acceptors (Lipinski definition) is 0. The van der Waals surface area contributed by atoms with Crippen LogP contribution in [-0.4, -0.2) is 0 Å². The predicted octanol–water partition coefficient (Wildman–Crippen LogP) is 4.59. The molecule has 0 heteroatoms. The molecule has 0 spiro atoms. The second kappa shape index (κ2) is 4.61. The summed E-state index contributed by atoms with van der Waals surface area (Å²) in [5.41, 5.74) is 1.80. The molecule has 0 amide bonds. The van der Waals surface area contributed by atoms with Gasteiger partial charge in [0.15, 0.2) is 0 Å². The maximum atomic E-state index is 3.42. The van der Waals surface area contributed by atoms with E-state index in [1.807, 2.05) is 0 Å². The summed E-state index contributed by atoms with van der Waals surface area (Å²) < 4.78 is 0. The normalized spacial score (nSPS) is 30.6. The van der Waals surface area contributed by atoms with Crippen LogP contribution >= 0.6 is 0 Å². The highest BCUT2D eigenvalue weighted by atomic mass is 14.4. The topological polar surface area (TPSA) is 0 Å². The van der Waals surface area contributed by atoms with Gasteiger partial charge in [-0.3, -0.25) is 0 Å². The van der Waals surface area contributed by atoms with E-state index in [1.165, 1.54) is 31.2 Å². The zero-order chi connectivity index (χ0) is 11.6.